The molecular formula is C31H36N6O2S2. The van der Waals surface area contributed by atoms with E-state index in [4.69, 9.17) is 10.5 Å². The van der Waals surface area contributed by atoms with Crippen LogP contribution in [0.4, 0.5) is 5.69 Å². The normalized spacial score (nSPS) is 16.1. The zero-order chi connectivity index (χ0) is 28.8. The molecule has 0 radical (unpaired) electrons. The minimum Gasteiger partial charge on any atom is -0.398 e. The molecule has 3 heterocycles. The first-order chi connectivity index (χ1) is 19.9. The van der Waals surface area contributed by atoms with Gasteiger partial charge in [0.25, 0.3) is 0 Å². The lowest BCUT2D eigenvalue weighted by Gasteiger charge is -2.30. The van der Waals surface area contributed by atoms with Crippen LogP contribution in [0, 0.1) is 6.92 Å². The predicted octanol–water partition coefficient (Wildman–Crippen LogP) is 5.27. The Morgan fingerprint density at radius 3 is 2.66 bits per heavy atom. The number of nitrogens with two attached hydrogens (primary N) is 1. The van der Waals surface area contributed by atoms with E-state index in [1.165, 1.54) is 9.79 Å². The molecule has 0 spiro atoms. The molecule has 2 aliphatic rings. The van der Waals surface area contributed by atoms with Crippen LogP contribution in [0.2, 0.25) is 0 Å². The zero-order valence-electron chi connectivity index (χ0n) is 23.6. The molecule has 214 valence electrons. The van der Waals surface area contributed by atoms with Crippen LogP contribution in [0.5, 0.6) is 0 Å². The Morgan fingerprint density at radius 1 is 1.10 bits per heavy atom. The lowest BCUT2D eigenvalue weighted by Crippen LogP contribution is -2.35. The van der Waals surface area contributed by atoms with E-state index in [-0.39, 0.29) is 11.8 Å². The lowest BCUT2D eigenvalue weighted by atomic mass is 10.1. The molecule has 41 heavy (non-hydrogen) atoms. The summed E-state index contributed by atoms with van der Waals surface area (Å²) in [5.41, 5.74) is 12.0. The fourth-order valence-corrected chi connectivity index (χ4v) is 7.20. The molecule has 1 unspecified atom stereocenters. The largest absolute Gasteiger partial charge is 0.398 e. The number of fused-ring (bicyclic) bond motifs is 2. The number of morpholine rings is 1. The van der Waals surface area contributed by atoms with Gasteiger partial charge in [0.05, 0.1) is 36.8 Å². The third-order valence-electron chi connectivity index (χ3n) is 6.88. The Balaban J connectivity index is 1.38. The first-order valence-corrected chi connectivity index (χ1v) is 15.4. The number of aryl methyl sites for hydroxylation is 1. The second-order valence-electron chi connectivity index (χ2n) is 10.0. The number of ketones is 1. The van der Waals surface area contributed by atoms with Gasteiger partial charge in [-0.1, -0.05) is 35.7 Å². The van der Waals surface area contributed by atoms with E-state index in [0.717, 1.165) is 64.2 Å². The number of aromatic nitrogens is 2. The summed E-state index contributed by atoms with van der Waals surface area (Å²) in [6.45, 7) is 7.12. The molecule has 0 aliphatic carbocycles. The number of carbonyl (C=O) groups is 1. The Bertz CT molecular complexity index is 1450. The van der Waals surface area contributed by atoms with Crippen molar-refractivity contribution in [1.29, 1.82) is 0 Å². The van der Waals surface area contributed by atoms with Crippen LogP contribution in [0.1, 0.15) is 36.3 Å². The smallest absolute Gasteiger partial charge is 0.154 e. The van der Waals surface area contributed by atoms with Crippen molar-refractivity contribution in [3.8, 4) is 0 Å². The van der Waals surface area contributed by atoms with Crippen LogP contribution < -0.4 is 16.4 Å². The quantitative estimate of drug-likeness (QED) is 0.168. The summed E-state index contributed by atoms with van der Waals surface area (Å²) in [5, 5.41) is 6.92. The molecule has 3 aromatic rings. The van der Waals surface area contributed by atoms with Crippen molar-refractivity contribution in [3.63, 3.8) is 0 Å². The highest BCUT2D eigenvalue weighted by Crippen LogP contribution is 2.51. The van der Waals surface area contributed by atoms with Gasteiger partial charge in [0.2, 0.25) is 0 Å². The van der Waals surface area contributed by atoms with Gasteiger partial charge in [0.1, 0.15) is 0 Å². The maximum Gasteiger partial charge on any atom is 0.154 e. The van der Waals surface area contributed by atoms with Gasteiger partial charge in [-0.3, -0.25) is 14.8 Å². The lowest BCUT2D eigenvalue weighted by molar-refractivity contribution is -0.112. The third-order valence-corrected chi connectivity index (χ3v) is 9.47. The summed E-state index contributed by atoms with van der Waals surface area (Å²) in [7, 11) is 1.96. The molecule has 1 fully saturated rings. The monoisotopic (exact) mass is 588 g/mol. The van der Waals surface area contributed by atoms with E-state index in [0.29, 0.717) is 18.9 Å². The highest BCUT2D eigenvalue weighted by atomic mass is 32.2. The number of nitrogens with one attached hydrogen (secondary N) is 2. The van der Waals surface area contributed by atoms with Crippen LogP contribution in [0.15, 0.2) is 86.2 Å². The number of carbonyl (C=O) groups excluding carboxylic acids is 1. The maximum atomic E-state index is 12.0. The van der Waals surface area contributed by atoms with E-state index in [1.807, 2.05) is 38.5 Å². The number of benzene rings is 2. The van der Waals surface area contributed by atoms with Crippen molar-refractivity contribution in [3.05, 3.63) is 83.6 Å². The summed E-state index contributed by atoms with van der Waals surface area (Å²) < 4.78 is 5.50. The minimum absolute atomic E-state index is 0.00322. The number of hydrogen-bond donors (Lipinski definition) is 3. The Morgan fingerprint density at radius 2 is 1.93 bits per heavy atom. The van der Waals surface area contributed by atoms with Crippen molar-refractivity contribution in [1.82, 2.24) is 20.2 Å². The van der Waals surface area contributed by atoms with E-state index < -0.39 is 0 Å². The molecule has 2 aliphatic heterocycles. The molecule has 1 atom stereocenters. The van der Waals surface area contributed by atoms with Crippen LogP contribution in [-0.2, 0) is 9.53 Å². The second-order valence-corrected chi connectivity index (χ2v) is 12.2. The minimum atomic E-state index is -0.00322. The van der Waals surface area contributed by atoms with E-state index in [1.54, 1.807) is 36.5 Å². The molecule has 5 rings (SSSR count). The Hall–Kier alpha value is -3.31. The molecule has 1 aromatic heterocycles. The van der Waals surface area contributed by atoms with Crippen molar-refractivity contribution in [2.45, 2.75) is 45.9 Å². The van der Waals surface area contributed by atoms with E-state index in [9.17, 15) is 4.79 Å². The number of allylic oxidation sites excluding steroid dienone is 2. The number of nitrogens with zero attached hydrogens (tertiary/aromatic N) is 3. The summed E-state index contributed by atoms with van der Waals surface area (Å²) >= 11 is 3.48. The average molecular weight is 589 g/mol. The molecule has 0 saturated carbocycles. The van der Waals surface area contributed by atoms with Crippen LogP contribution in [-0.4, -0.2) is 60.5 Å². The fourth-order valence-electron chi connectivity index (χ4n) is 4.78. The number of ether oxygens (including phenoxy) is 1. The van der Waals surface area contributed by atoms with Gasteiger partial charge in [-0.2, -0.15) is 0 Å². The average Bonchev–Trinajstić information content (AvgIpc) is 2.98. The molecule has 8 nitrogen and oxygen atoms in total. The van der Waals surface area contributed by atoms with Gasteiger partial charge in [0.15, 0.2) is 5.78 Å². The topological polar surface area (TPSA) is 105 Å². The highest BCUT2D eigenvalue weighted by molar-refractivity contribution is 8.05. The van der Waals surface area contributed by atoms with Gasteiger partial charge in [-0.25, -0.2) is 0 Å². The van der Waals surface area contributed by atoms with Crippen molar-refractivity contribution < 1.29 is 9.53 Å². The zero-order valence-corrected chi connectivity index (χ0v) is 25.3. The maximum absolute atomic E-state index is 12.0. The third kappa shape index (κ3) is 7.32. The van der Waals surface area contributed by atoms with E-state index >= 15 is 0 Å². The molecule has 1 saturated heterocycles. The first kappa shape index (κ1) is 29.2. The van der Waals surface area contributed by atoms with Crippen LogP contribution in [0.25, 0.3) is 5.70 Å². The van der Waals surface area contributed by atoms with Gasteiger partial charge in [-0.05, 0) is 64.2 Å². The number of anilines is 1. The van der Waals surface area contributed by atoms with Gasteiger partial charge < -0.3 is 26.0 Å². The summed E-state index contributed by atoms with van der Waals surface area (Å²) in [6, 6.07) is 12.8. The van der Waals surface area contributed by atoms with Crippen molar-refractivity contribution in [2.75, 3.05) is 45.2 Å². The molecule has 0 amide bonds. The Labute approximate surface area is 250 Å². The first-order valence-electron chi connectivity index (χ1n) is 13.8. The van der Waals surface area contributed by atoms with Crippen LogP contribution >= 0.6 is 23.5 Å². The van der Waals surface area contributed by atoms with E-state index in [2.05, 4.69) is 55.8 Å². The van der Waals surface area contributed by atoms with Crippen molar-refractivity contribution in [2.24, 2.45) is 5.73 Å². The Kier molecular flexibility index (Phi) is 9.66. The van der Waals surface area contributed by atoms with Gasteiger partial charge in [-0.15, -0.1) is 0 Å². The molecule has 4 N–H and O–H groups in total. The molecule has 0 bridgehead atoms. The summed E-state index contributed by atoms with van der Waals surface area (Å²) in [4.78, 5) is 27.9. The number of rotatable bonds is 10. The molecular weight excluding hydrogens is 553 g/mol. The van der Waals surface area contributed by atoms with Crippen LogP contribution in [0.3, 0.4) is 0 Å². The number of hydrogen-bond acceptors (Lipinski definition) is 10. The molecule has 10 heteroatoms. The van der Waals surface area contributed by atoms with Crippen molar-refractivity contribution >= 4 is 40.7 Å². The highest BCUT2D eigenvalue weighted by Gasteiger charge is 2.23. The van der Waals surface area contributed by atoms with Gasteiger partial charge in [0, 0.05) is 67.6 Å². The second kappa shape index (κ2) is 13.6. The standard InChI is InChI=1S/C31H36N6O2S2/c1-20-18-35-27(19-34-20)26(9-10-33-3)36-22-7-8-28-30(16-22)40-29-6-4-5-24(31(29)41-28)25(32)17-23(15-21(2)38)37-11-13-39-14-12-37/h4-8,15-19,26,33,36H,9-14,32H2,1-3H3/b23-15+,25-17-. The fraction of sp³-hybridized carbons (Fsp3) is 0.323. The summed E-state index contributed by atoms with van der Waals surface area (Å²) in [6.07, 6.45) is 8.14. The SMILES string of the molecule is CNCCC(Nc1ccc2c(c1)Sc1cccc(/C(N)=C/C(=C\C(C)=O)N3CCOCC3)c1S2)c1cnc(C)cn1. The summed E-state index contributed by atoms with van der Waals surface area (Å²) in [5.74, 6) is -0.00322. The van der Waals surface area contributed by atoms with Gasteiger partial charge >= 0.3 is 0 Å². The molecule has 2 aromatic carbocycles. The predicted molar refractivity (Wildman–Crippen MR) is 166 cm³/mol.